The number of anilines is 1. The van der Waals surface area contributed by atoms with Crippen molar-refractivity contribution in [2.24, 2.45) is 0 Å². The molecule has 0 aliphatic rings. The van der Waals surface area contributed by atoms with Crippen LogP contribution in [0.4, 0.5) is 22.6 Å². The van der Waals surface area contributed by atoms with Gasteiger partial charge in [-0.25, -0.2) is 12.8 Å². The molecule has 0 aliphatic carbocycles. The standard InChI is InChI=1S/C20H17F4NO4S2/c1-12-14-5-3-4-6-17(14)30-19(12)25(31(27,28)11-18(26)29-2)10-13-7-8-16(21)15(9-13)20(22,23)24/h3-9H,10-11H2,1-2H3. The first-order valence-corrected chi connectivity index (χ1v) is 11.3. The quantitative estimate of drug-likeness (QED) is 0.377. The molecule has 1 heterocycles. The summed E-state index contributed by atoms with van der Waals surface area (Å²) in [6.45, 7) is 1.16. The Labute approximate surface area is 179 Å². The van der Waals surface area contributed by atoms with E-state index in [9.17, 15) is 30.8 Å². The number of thiophene rings is 1. The van der Waals surface area contributed by atoms with Crippen LogP contribution in [0.3, 0.4) is 0 Å². The van der Waals surface area contributed by atoms with Gasteiger partial charge in [-0.3, -0.25) is 9.10 Å². The van der Waals surface area contributed by atoms with Gasteiger partial charge < -0.3 is 4.74 Å². The number of sulfonamides is 1. The minimum Gasteiger partial charge on any atom is -0.468 e. The maximum Gasteiger partial charge on any atom is 0.419 e. The summed E-state index contributed by atoms with van der Waals surface area (Å²) in [6, 6.07) is 9.39. The van der Waals surface area contributed by atoms with Gasteiger partial charge in [0.05, 0.1) is 19.2 Å². The third kappa shape index (κ3) is 4.82. The zero-order valence-corrected chi connectivity index (χ0v) is 18.0. The molecule has 0 aliphatic heterocycles. The van der Waals surface area contributed by atoms with Gasteiger partial charge in [0.1, 0.15) is 10.8 Å². The maximum atomic E-state index is 13.7. The Morgan fingerprint density at radius 3 is 2.45 bits per heavy atom. The monoisotopic (exact) mass is 475 g/mol. The SMILES string of the molecule is COC(=O)CS(=O)(=O)N(Cc1ccc(F)c(C(F)(F)F)c1)c1sc2ccccc2c1C. The average molecular weight is 475 g/mol. The number of rotatable bonds is 6. The highest BCUT2D eigenvalue weighted by molar-refractivity contribution is 7.93. The molecule has 0 saturated carbocycles. The molecule has 0 unspecified atom stereocenters. The van der Waals surface area contributed by atoms with Crippen LogP contribution >= 0.6 is 11.3 Å². The number of carbonyl (C=O) groups excluding carboxylic acids is 1. The molecule has 0 atom stereocenters. The van der Waals surface area contributed by atoms with Gasteiger partial charge >= 0.3 is 12.1 Å². The largest absolute Gasteiger partial charge is 0.468 e. The van der Waals surface area contributed by atoms with Gasteiger partial charge in [-0.15, -0.1) is 11.3 Å². The van der Waals surface area contributed by atoms with E-state index in [1.54, 1.807) is 31.2 Å². The Morgan fingerprint density at radius 2 is 1.84 bits per heavy atom. The molecule has 2 aromatic carbocycles. The number of fused-ring (bicyclic) bond motifs is 1. The summed E-state index contributed by atoms with van der Waals surface area (Å²) in [5.74, 6) is -3.47. The van der Waals surface area contributed by atoms with Crippen LogP contribution in [0, 0.1) is 12.7 Å². The van der Waals surface area contributed by atoms with Gasteiger partial charge in [0.2, 0.25) is 10.0 Å². The van der Waals surface area contributed by atoms with Crippen LogP contribution in [0.15, 0.2) is 42.5 Å². The van der Waals surface area contributed by atoms with E-state index in [0.29, 0.717) is 17.7 Å². The number of nitrogens with zero attached hydrogens (tertiary/aromatic N) is 1. The summed E-state index contributed by atoms with van der Waals surface area (Å²) < 4.78 is 85.1. The molecule has 0 spiro atoms. The number of benzene rings is 2. The maximum absolute atomic E-state index is 13.7. The van der Waals surface area contributed by atoms with Gasteiger partial charge in [0, 0.05) is 4.70 Å². The lowest BCUT2D eigenvalue weighted by molar-refractivity contribution is -0.140. The highest BCUT2D eigenvalue weighted by Gasteiger charge is 2.35. The molecule has 0 bridgehead atoms. The predicted molar refractivity (Wildman–Crippen MR) is 110 cm³/mol. The van der Waals surface area contributed by atoms with Crippen LogP contribution in [0.5, 0.6) is 0 Å². The van der Waals surface area contributed by atoms with Gasteiger partial charge in [-0.05, 0) is 41.6 Å². The molecule has 11 heteroatoms. The molecule has 31 heavy (non-hydrogen) atoms. The number of aryl methyl sites for hydroxylation is 1. The second-order valence-electron chi connectivity index (χ2n) is 6.68. The third-order valence-electron chi connectivity index (χ3n) is 4.57. The fraction of sp³-hybridized carbons (Fsp3) is 0.250. The molecule has 1 aromatic heterocycles. The third-order valence-corrected chi connectivity index (χ3v) is 7.57. The van der Waals surface area contributed by atoms with E-state index in [-0.39, 0.29) is 10.6 Å². The average Bonchev–Trinajstić information content (AvgIpc) is 3.02. The lowest BCUT2D eigenvalue weighted by Crippen LogP contribution is -2.35. The lowest BCUT2D eigenvalue weighted by Gasteiger charge is -2.24. The van der Waals surface area contributed by atoms with Crippen molar-refractivity contribution in [3.05, 3.63) is 65.0 Å². The Hall–Kier alpha value is -2.66. The first-order valence-electron chi connectivity index (χ1n) is 8.85. The molecule has 3 rings (SSSR count). The number of ether oxygens (including phenoxy) is 1. The van der Waals surface area contributed by atoms with E-state index in [4.69, 9.17) is 0 Å². The first-order chi connectivity index (χ1) is 14.4. The number of hydrogen-bond donors (Lipinski definition) is 0. The smallest absolute Gasteiger partial charge is 0.419 e. The van der Waals surface area contributed by atoms with E-state index in [1.807, 2.05) is 0 Å². The molecule has 3 aromatic rings. The summed E-state index contributed by atoms with van der Waals surface area (Å²) in [4.78, 5) is 11.7. The van der Waals surface area contributed by atoms with Crippen molar-refractivity contribution in [2.45, 2.75) is 19.6 Å². The van der Waals surface area contributed by atoms with Crippen LogP contribution in [0.2, 0.25) is 0 Å². The zero-order valence-electron chi connectivity index (χ0n) is 16.4. The Bertz CT molecular complexity index is 1240. The van der Waals surface area contributed by atoms with E-state index >= 15 is 0 Å². The molecule has 0 fully saturated rings. The summed E-state index contributed by atoms with van der Waals surface area (Å²) in [5, 5.41) is 1.03. The van der Waals surface area contributed by atoms with Gasteiger partial charge in [0.15, 0.2) is 5.75 Å². The van der Waals surface area contributed by atoms with Crippen molar-refractivity contribution in [1.29, 1.82) is 0 Å². The van der Waals surface area contributed by atoms with Crippen LogP contribution in [0.25, 0.3) is 10.1 Å². The summed E-state index contributed by atoms with van der Waals surface area (Å²) in [5.41, 5.74) is -0.991. The fourth-order valence-corrected chi connectivity index (χ4v) is 5.91. The summed E-state index contributed by atoms with van der Waals surface area (Å²) in [7, 11) is -3.29. The van der Waals surface area contributed by atoms with Gasteiger partial charge in [-0.1, -0.05) is 24.3 Å². The van der Waals surface area contributed by atoms with Gasteiger partial charge in [-0.2, -0.15) is 13.2 Å². The first kappa shape index (κ1) is 23.0. The van der Waals surface area contributed by atoms with Crippen molar-refractivity contribution in [2.75, 3.05) is 17.2 Å². The van der Waals surface area contributed by atoms with E-state index in [0.717, 1.165) is 38.9 Å². The van der Waals surface area contributed by atoms with Crippen molar-refractivity contribution >= 4 is 42.4 Å². The zero-order chi connectivity index (χ0) is 23.0. The Morgan fingerprint density at radius 1 is 1.16 bits per heavy atom. The molecule has 0 N–H and O–H groups in total. The molecule has 0 radical (unpaired) electrons. The molecular formula is C20H17F4NO4S2. The predicted octanol–water partition coefficient (Wildman–Crippen LogP) is 4.88. The number of carbonyl (C=O) groups is 1. The second-order valence-corrected chi connectivity index (χ2v) is 9.60. The Kier molecular flexibility index (Phi) is 6.28. The Balaban J connectivity index is 2.13. The number of esters is 1. The summed E-state index contributed by atoms with van der Waals surface area (Å²) >= 11 is 1.12. The van der Waals surface area contributed by atoms with E-state index in [1.165, 1.54) is 0 Å². The van der Waals surface area contributed by atoms with Crippen LogP contribution in [-0.4, -0.2) is 27.2 Å². The van der Waals surface area contributed by atoms with E-state index < -0.39 is 45.8 Å². The van der Waals surface area contributed by atoms with E-state index in [2.05, 4.69) is 4.74 Å². The topological polar surface area (TPSA) is 63.7 Å². The van der Waals surface area contributed by atoms with Crippen LogP contribution in [0.1, 0.15) is 16.7 Å². The number of alkyl halides is 3. The van der Waals surface area contributed by atoms with Crippen molar-refractivity contribution in [3.63, 3.8) is 0 Å². The molecule has 0 amide bonds. The van der Waals surface area contributed by atoms with Crippen molar-refractivity contribution < 1.29 is 35.5 Å². The molecule has 166 valence electrons. The number of methoxy groups -OCH3 is 1. The number of halogens is 4. The molecule has 0 saturated heterocycles. The van der Waals surface area contributed by atoms with Crippen molar-refractivity contribution in [3.8, 4) is 0 Å². The van der Waals surface area contributed by atoms with Gasteiger partial charge in [0.25, 0.3) is 0 Å². The lowest BCUT2D eigenvalue weighted by atomic mass is 10.1. The second kappa shape index (κ2) is 8.46. The van der Waals surface area contributed by atoms with Crippen LogP contribution in [-0.2, 0) is 32.3 Å². The minimum absolute atomic E-state index is 0.0842. The fourth-order valence-electron chi connectivity index (χ4n) is 3.04. The molecular weight excluding hydrogens is 458 g/mol. The highest BCUT2D eigenvalue weighted by atomic mass is 32.2. The summed E-state index contributed by atoms with van der Waals surface area (Å²) in [6.07, 6.45) is -4.94. The highest BCUT2D eigenvalue weighted by Crippen LogP contribution is 2.40. The normalized spacial score (nSPS) is 12.2. The number of hydrogen-bond acceptors (Lipinski definition) is 5. The van der Waals surface area contributed by atoms with Crippen molar-refractivity contribution in [1.82, 2.24) is 0 Å². The van der Waals surface area contributed by atoms with Crippen LogP contribution < -0.4 is 4.31 Å². The minimum atomic E-state index is -4.94. The molecule has 5 nitrogen and oxygen atoms in total.